The molecule has 2 N–H and O–H groups in total. The normalized spacial score (nSPS) is 10.6. The van der Waals surface area contributed by atoms with Gasteiger partial charge in [-0.05, 0) is 52.7 Å². The maximum Gasteiger partial charge on any atom is 0.134 e. The highest BCUT2D eigenvalue weighted by molar-refractivity contribution is 9.10. The average molecular weight is 310 g/mol. The number of benzene rings is 1. The number of hydrogen-bond acceptors (Lipinski definition) is 3. The quantitative estimate of drug-likeness (QED) is 0.921. The number of hydrogen-bond donors (Lipinski definition) is 1. The van der Waals surface area contributed by atoms with E-state index < -0.39 is 0 Å². The van der Waals surface area contributed by atoms with E-state index >= 15 is 0 Å². The summed E-state index contributed by atoms with van der Waals surface area (Å²) in [5, 5.41) is 4.26. The minimum Gasteiger partial charge on any atom is -0.486 e. The first kappa shape index (κ1) is 13.1. The van der Waals surface area contributed by atoms with Gasteiger partial charge < -0.3 is 10.5 Å². The molecule has 96 valence electrons. The van der Waals surface area contributed by atoms with Gasteiger partial charge in [0.05, 0.1) is 10.2 Å². The van der Waals surface area contributed by atoms with Gasteiger partial charge in [-0.15, -0.1) is 0 Å². The number of aromatic nitrogens is 2. The van der Waals surface area contributed by atoms with Crippen molar-refractivity contribution in [1.29, 1.82) is 0 Å². The van der Waals surface area contributed by atoms with E-state index in [0.717, 1.165) is 22.3 Å². The van der Waals surface area contributed by atoms with Crippen LogP contribution < -0.4 is 10.5 Å². The van der Waals surface area contributed by atoms with Crippen LogP contribution in [0.15, 0.2) is 34.9 Å². The maximum atomic E-state index is 5.72. The van der Waals surface area contributed by atoms with E-state index in [1.165, 1.54) is 5.56 Å². The lowest BCUT2D eigenvalue weighted by Gasteiger charge is -2.08. The Bertz CT molecular complexity index is 525. The zero-order valence-corrected chi connectivity index (χ0v) is 11.9. The molecule has 5 heteroatoms. The molecular formula is C13H16BrN3O. The van der Waals surface area contributed by atoms with Gasteiger partial charge in [0.25, 0.3) is 0 Å². The van der Waals surface area contributed by atoms with Crippen LogP contribution in [0.3, 0.4) is 0 Å². The Morgan fingerprint density at radius 2 is 2.22 bits per heavy atom. The van der Waals surface area contributed by atoms with Crippen molar-refractivity contribution in [3.8, 4) is 5.75 Å². The van der Waals surface area contributed by atoms with Crippen LogP contribution in [0.4, 0.5) is 0 Å². The Labute approximate surface area is 115 Å². The fraction of sp³-hybridized carbons (Fsp3) is 0.308. The monoisotopic (exact) mass is 309 g/mol. The lowest BCUT2D eigenvalue weighted by Crippen LogP contribution is -2.03. The smallest absolute Gasteiger partial charge is 0.134 e. The van der Waals surface area contributed by atoms with Crippen LogP contribution in [-0.2, 0) is 20.1 Å². The summed E-state index contributed by atoms with van der Waals surface area (Å²) in [7, 11) is 1.89. The molecule has 2 rings (SSSR count). The van der Waals surface area contributed by atoms with Crippen molar-refractivity contribution in [3.05, 3.63) is 46.2 Å². The third-order valence-electron chi connectivity index (χ3n) is 2.57. The molecule has 2 aromatic rings. The molecule has 18 heavy (non-hydrogen) atoms. The van der Waals surface area contributed by atoms with Gasteiger partial charge in [-0.25, -0.2) is 0 Å². The molecule has 0 atom stereocenters. The van der Waals surface area contributed by atoms with Gasteiger partial charge in [0.15, 0.2) is 0 Å². The van der Waals surface area contributed by atoms with E-state index in [-0.39, 0.29) is 0 Å². The first-order chi connectivity index (χ1) is 8.69. The number of ether oxygens (including phenoxy) is 1. The Kier molecular flexibility index (Phi) is 4.38. The van der Waals surface area contributed by atoms with E-state index in [1.54, 1.807) is 4.68 Å². The van der Waals surface area contributed by atoms with Gasteiger partial charge in [-0.2, -0.15) is 5.10 Å². The summed E-state index contributed by atoms with van der Waals surface area (Å²) in [5.74, 6) is 0.821. The van der Waals surface area contributed by atoms with Gasteiger partial charge in [-0.3, -0.25) is 4.68 Å². The molecular weight excluding hydrogens is 294 g/mol. The van der Waals surface area contributed by atoms with Crippen molar-refractivity contribution in [2.24, 2.45) is 12.8 Å². The first-order valence-electron chi connectivity index (χ1n) is 5.79. The summed E-state index contributed by atoms with van der Waals surface area (Å²) >= 11 is 3.50. The Hall–Kier alpha value is -1.33. The number of aryl methyl sites for hydroxylation is 1. The Morgan fingerprint density at radius 1 is 1.39 bits per heavy atom. The van der Waals surface area contributed by atoms with Crippen molar-refractivity contribution in [2.75, 3.05) is 6.54 Å². The third kappa shape index (κ3) is 3.34. The van der Waals surface area contributed by atoms with Crippen LogP contribution in [0.1, 0.15) is 11.3 Å². The van der Waals surface area contributed by atoms with Gasteiger partial charge >= 0.3 is 0 Å². The summed E-state index contributed by atoms with van der Waals surface area (Å²) in [6.07, 6.45) is 2.78. The molecule has 0 saturated heterocycles. The molecule has 0 radical (unpaired) electrons. The summed E-state index contributed by atoms with van der Waals surface area (Å²) < 4.78 is 8.43. The van der Waals surface area contributed by atoms with Gasteiger partial charge in [0, 0.05) is 13.2 Å². The van der Waals surface area contributed by atoms with E-state index in [9.17, 15) is 0 Å². The summed E-state index contributed by atoms with van der Waals surface area (Å²) in [6.45, 7) is 1.12. The van der Waals surface area contributed by atoms with Crippen molar-refractivity contribution in [3.63, 3.8) is 0 Å². The zero-order chi connectivity index (χ0) is 13.0. The molecule has 0 unspecified atom stereocenters. The molecule has 0 amide bonds. The fourth-order valence-electron chi connectivity index (χ4n) is 1.68. The SMILES string of the molecule is Cn1ccc(COc2ccc(CCN)cc2Br)n1. The number of halogens is 1. The zero-order valence-electron chi connectivity index (χ0n) is 10.3. The maximum absolute atomic E-state index is 5.72. The molecule has 4 nitrogen and oxygen atoms in total. The minimum absolute atomic E-state index is 0.468. The molecule has 0 aliphatic heterocycles. The standard InChI is InChI=1S/C13H16BrN3O/c1-17-7-5-11(16-17)9-18-13-3-2-10(4-6-15)8-12(13)14/h2-3,5,7-8H,4,6,9,15H2,1H3. The number of nitrogens with two attached hydrogens (primary N) is 1. The van der Waals surface area contributed by atoms with Crippen molar-refractivity contribution < 1.29 is 4.74 Å². The van der Waals surface area contributed by atoms with Gasteiger partial charge in [-0.1, -0.05) is 6.07 Å². The van der Waals surface area contributed by atoms with Crippen molar-refractivity contribution in [1.82, 2.24) is 9.78 Å². The van der Waals surface area contributed by atoms with Crippen molar-refractivity contribution >= 4 is 15.9 Å². The average Bonchev–Trinajstić information content (AvgIpc) is 2.74. The molecule has 0 fully saturated rings. The highest BCUT2D eigenvalue weighted by Crippen LogP contribution is 2.26. The second-order valence-electron chi connectivity index (χ2n) is 4.07. The molecule has 0 saturated carbocycles. The van der Waals surface area contributed by atoms with E-state index in [4.69, 9.17) is 10.5 Å². The van der Waals surface area contributed by atoms with E-state index in [1.807, 2.05) is 37.5 Å². The predicted octanol–water partition coefficient (Wildman–Crippen LogP) is 2.26. The molecule has 0 aliphatic carbocycles. The predicted molar refractivity (Wildman–Crippen MR) is 74.4 cm³/mol. The summed E-state index contributed by atoms with van der Waals surface area (Å²) in [5.41, 5.74) is 7.64. The topological polar surface area (TPSA) is 53.1 Å². The van der Waals surface area contributed by atoms with Gasteiger partial charge in [0.1, 0.15) is 12.4 Å². The fourth-order valence-corrected chi connectivity index (χ4v) is 2.22. The van der Waals surface area contributed by atoms with Crippen molar-refractivity contribution in [2.45, 2.75) is 13.0 Å². The minimum atomic E-state index is 0.468. The third-order valence-corrected chi connectivity index (χ3v) is 3.19. The Balaban J connectivity index is 2.01. The molecule has 1 aromatic heterocycles. The molecule has 0 bridgehead atoms. The highest BCUT2D eigenvalue weighted by atomic mass is 79.9. The summed E-state index contributed by atoms with van der Waals surface area (Å²) in [4.78, 5) is 0. The van der Waals surface area contributed by atoms with Crippen LogP contribution in [0.5, 0.6) is 5.75 Å². The molecule has 1 heterocycles. The number of rotatable bonds is 5. The van der Waals surface area contributed by atoms with Crippen LogP contribution in [0.25, 0.3) is 0 Å². The highest BCUT2D eigenvalue weighted by Gasteiger charge is 2.04. The van der Waals surface area contributed by atoms with Crippen LogP contribution >= 0.6 is 15.9 Å². The molecule has 1 aromatic carbocycles. The van der Waals surface area contributed by atoms with Crippen LogP contribution in [0.2, 0.25) is 0 Å². The lowest BCUT2D eigenvalue weighted by molar-refractivity contribution is 0.298. The largest absolute Gasteiger partial charge is 0.486 e. The number of nitrogens with zero attached hydrogens (tertiary/aromatic N) is 2. The van der Waals surface area contributed by atoms with E-state index in [2.05, 4.69) is 21.0 Å². The van der Waals surface area contributed by atoms with E-state index in [0.29, 0.717) is 13.2 Å². The first-order valence-corrected chi connectivity index (χ1v) is 6.58. The van der Waals surface area contributed by atoms with Gasteiger partial charge in [0.2, 0.25) is 0 Å². The second kappa shape index (κ2) is 6.02. The summed E-state index contributed by atoms with van der Waals surface area (Å²) in [6, 6.07) is 7.97. The Morgan fingerprint density at radius 3 is 2.83 bits per heavy atom. The molecule has 0 aliphatic rings. The lowest BCUT2D eigenvalue weighted by atomic mass is 10.1. The second-order valence-corrected chi connectivity index (χ2v) is 4.93. The van der Waals surface area contributed by atoms with Crippen LogP contribution in [0, 0.1) is 0 Å². The molecule has 0 spiro atoms. The van der Waals surface area contributed by atoms with Crippen LogP contribution in [-0.4, -0.2) is 16.3 Å².